The quantitative estimate of drug-likeness (QED) is 0.0765. The van der Waals surface area contributed by atoms with E-state index in [1.165, 1.54) is 73.6 Å². The van der Waals surface area contributed by atoms with Gasteiger partial charge in [0, 0.05) is 12.2 Å². The summed E-state index contributed by atoms with van der Waals surface area (Å²) in [7, 11) is -0.769. The Hall–Kier alpha value is -2.89. The first-order valence-electron chi connectivity index (χ1n) is 21.8. The molecule has 0 saturated carbocycles. The van der Waals surface area contributed by atoms with Gasteiger partial charge in [-0.05, 0) is 134 Å². The van der Waals surface area contributed by atoms with E-state index in [4.69, 9.17) is 25.2 Å². The smallest absolute Gasteiger partial charge is 0.403 e. The third-order valence-corrected chi connectivity index (χ3v) is 12.7. The average molecular weight is 761 g/mol. The van der Waals surface area contributed by atoms with Gasteiger partial charge in [0.25, 0.3) is 0 Å². The summed E-state index contributed by atoms with van der Waals surface area (Å²) in [4.78, 5) is 0. The van der Waals surface area contributed by atoms with E-state index >= 15 is 0 Å². The molecular formula is C50H74B2O4. The predicted molar refractivity (Wildman–Crippen MR) is 243 cm³/mol. The molecule has 2 aromatic carbocycles. The van der Waals surface area contributed by atoms with E-state index in [1.807, 2.05) is 0 Å². The van der Waals surface area contributed by atoms with Crippen molar-refractivity contribution in [2.24, 2.45) is 0 Å². The van der Waals surface area contributed by atoms with Crippen LogP contribution in [0.2, 0.25) is 6.32 Å². The first-order valence-corrected chi connectivity index (χ1v) is 21.8. The Bertz CT molecular complexity index is 1680. The monoisotopic (exact) mass is 761 g/mol. The van der Waals surface area contributed by atoms with Crippen LogP contribution in [0.5, 0.6) is 0 Å². The van der Waals surface area contributed by atoms with Crippen molar-refractivity contribution in [1.29, 1.82) is 0 Å². The second kappa shape index (κ2) is 20.2. The van der Waals surface area contributed by atoms with Gasteiger partial charge >= 0.3 is 14.2 Å². The minimum atomic E-state index is -0.478. The fourth-order valence-corrected chi connectivity index (χ4v) is 7.53. The van der Waals surface area contributed by atoms with Gasteiger partial charge in [0.2, 0.25) is 0 Å². The van der Waals surface area contributed by atoms with Gasteiger partial charge in [-0.15, -0.1) is 0 Å². The zero-order valence-electron chi connectivity index (χ0n) is 37.4. The molecule has 0 spiro atoms. The lowest BCUT2D eigenvalue weighted by atomic mass is 9.73. The molecule has 2 aliphatic rings. The lowest BCUT2D eigenvalue weighted by Crippen LogP contribution is -2.41. The second-order valence-electron chi connectivity index (χ2n) is 18.1. The first kappa shape index (κ1) is 45.8. The highest BCUT2D eigenvalue weighted by Gasteiger charge is 2.52. The van der Waals surface area contributed by atoms with E-state index in [2.05, 4.69) is 162 Å². The summed E-state index contributed by atoms with van der Waals surface area (Å²) in [5.41, 5.74) is 7.90. The lowest BCUT2D eigenvalue weighted by Gasteiger charge is -2.32. The third-order valence-electron chi connectivity index (χ3n) is 12.7. The van der Waals surface area contributed by atoms with Crippen LogP contribution in [0.25, 0.3) is 5.57 Å². The Balaban J connectivity index is 1.80. The predicted octanol–water partition coefficient (Wildman–Crippen LogP) is 13.3. The molecule has 4 nitrogen and oxygen atoms in total. The van der Waals surface area contributed by atoms with Gasteiger partial charge in [-0.1, -0.05) is 143 Å². The second-order valence-corrected chi connectivity index (χ2v) is 18.1. The van der Waals surface area contributed by atoms with Crippen LogP contribution in [0, 0.1) is 0 Å². The molecule has 0 bridgehead atoms. The molecule has 2 aromatic rings. The molecule has 56 heavy (non-hydrogen) atoms. The summed E-state index contributed by atoms with van der Waals surface area (Å²) >= 11 is 0. The molecule has 0 radical (unpaired) electrons. The summed E-state index contributed by atoms with van der Waals surface area (Å²) in [6, 6.07) is 16.1. The number of rotatable bonds is 20. The molecule has 0 aromatic heterocycles. The summed E-state index contributed by atoms with van der Waals surface area (Å²) in [5, 5.41) is 0. The summed E-state index contributed by atoms with van der Waals surface area (Å²) in [6.45, 7) is 30.5. The topological polar surface area (TPSA) is 36.9 Å². The maximum absolute atomic E-state index is 6.63. The minimum absolute atomic E-state index is 0.0950. The van der Waals surface area contributed by atoms with Crippen molar-refractivity contribution < 1.29 is 18.6 Å². The molecule has 0 amide bonds. The van der Waals surface area contributed by atoms with Crippen molar-refractivity contribution in [2.75, 3.05) is 0 Å². The molecule has 2 heterocycles. The van der Waals surface area contributed by atoms with Gasteiger partial charge in [-0.2, -0.15) is 0 Å². The fourth-order valence-electron chi connectivity index (χ4n) is 7.53. The van der Waals surface area contributed by atoms with Gasteiger partial charge in [-0.3, -0.25) is 0 Å². The molecule has 1 unspecified atom stereocenters. The van der Waals surface area contributed by atoms with Crippen LogP contribution in [0.1, 0.15) is 169 Å². The van der Waals surface area contributed by atoms with Crippen LogP contribution < -0.4 is 5.46 Å². The molecule has 2 fully saturated rings. The van der Waals surface area contributed by atoms with Crippen molar-refractivity contribution in [1.82, 2.24) is 0 Å². The molecule has 6 heteroatoms. The van der Waals surface area contributed by atoms with Crippen LogP contribution in [0.4, 0.5) is 0 Å². The van der Waals surface area contributed by atoms with Gasteiger partial charge in [0.1, 0.15) is 0 Å². The number of unbranched alkanes of at least 4 members (excludes halogenated alkanes) is 6. The van der Waals surface area contributed by atoms with Gasteiger partial charge in [0.05, 0.1) is 22.4 Å². The van der Waals surface area contributed by atoms with Crippen LogP contribution in [0.3, 0.4) is 0 Å². The zero-order valence-corrected chi connectivity index (χ0v) is 37.4. The average Bonchev–Trinajstić information content (AvgIpc) is 3.50. The molecule has 4 rings (SSSR count). The summed E-state index contributed by atoms with van der Waals surface area (Å²) in [5.74, 6) is -0.0950. The third kappa shape index (κ3) is 11.6. The van der Waals surface area contributed by atoms with Crippen LogP contribution >= 0.6 is 0 Å². The molecule has 1 atom stereocenters. The Morgan fingerprint density at radius 3 is 1.84 bits per heavy atom. The molecule has 304 valence electrons. The van der Waals surface area contributed by atoms with Crippen molar-refractivity contribution in [3.05, 3.63) is 119 Å². The van der Waals surface area contributed by atoms with Gasteiger partial charge in [-0.25, -0.2) is 0 Å². The van der Waals surface area contributed by atoms with Crippen molar-refractivity contribution in [3.8, 4) is 0 Å². The molecule has 0 N–H and O–H groups in total. The maximum Gasteiger partial charge on any atom is 0.494 e. The maximum atomic E-state index is 6.63. The number of allylic oxidation sites excluding steroid dienone is 9. The highest BCUT2D eigenvalue weighted by Crippen LogP contribution is 2.41. The standard InChI is InChI=1S/C50H74B2O4/c1-14-18-20-22-25-39(16-3)29-28-38(5)46(42-32-30-40(31-33-42)26-23-21-19-15-2)45-37-43(52-55-49(10,11)50(12,13)56-52)34-35-44(45)41(17-4)27-24-36-51-53-47(6,7)48(8,9)54-51/h16-17,24,27-35,37,46H,5,14-15,18-23,25-26,36H2,1-4,6-13H3/b27-24-,29-28-,39-16-,41-17+. The van der Waals surface area contributed by atoms with Crippen LogP contribution in [0.15, 0.2) is 96.6 Å². The Labute approximate surface area is 343 Å². The molecule has 2 saturated heterocycles. The van der Waals surface area contributed by atoms with E-state index in [-0.39, 0.29) is 24.2 Å². The van der Waals surface area contributed by atoms with E-state index < -0.39 is 18.3 Å². The summed E-state index contributed by atoms with van der Waals surface area (Å²) in [6.07, 6.45) is 26.3. The number of benzene rings is 2. The van der Waals surface area contributed by atoms with Crippen molar-refractivity contribution in [2.45, 2.75) is 182 Å². The first-order chi connectivity index (χ1) is 26.5. The number of aryl methyl sites for hydroxylation is 1. The van der Waals surface area contributed by atoms with Gasteiger partial charge < -0.3 is 18.6 Å². The SMILES string of the molecule is C=C(/C=C\C(=C/C)CCCCCC)C(c1ccc(CCCCCC)cc1)c1cc(B2OC(C)(C)C(C)(C)O2)ccc1C(/C=C\CB1OC(C)(C)C(C)(C)O1)=C/C. The van der Waals surface area contributed by atoms with Crippen LogP contribution in [-0.2, 0) is 25.0 Å². The van der Waals surface area contributed by atoms with E-state index in [0.717, 1.165) is 35.0 Å². The van der Waals surface area contributed by atoms with Crippen molar-refractivity contribution >= 4 is 25.3 Å². The van der Waals surface area contributed by atoms with E-state index in [9.17, 15) is 0 Å². The van der Waals surface area contributed by atoms with Crippen molar-refractivity contribution in [3.63, 3.8) is 0 Å². The number of hydrogen-bond acceptors (Lipinski definition) is 4. The molecular weight excluding hydrogens is 686 g/mol. The Morgan fingerprint density at radius 1 is 0.679 bits per heavy atom. The van der Waals surface area contributed by atoms with E-state index in [1.54, 1.807) is 0 Å². The minimum Gasteiger partial charge on any atom is -0.403 e. The largest absolute Gasteiger partial charge is 0.494 e. The normalized spacial score (nSPS) is 19.8. The zero-order chi connectivity index (χ0) is 41.1. The molecule has 0 aliphatic carbocycles. The Morgan fingerprint density at radius 2 is 1.27 bits per heavy atom. The highest BCUT2D eigenvalue weighted by molar-refractivity contribution is 6.62. The fraction of sp³-hybridized carbons (Fsp3) is 0.560. The summed E-state index contributed by atoms with van der Waals surface area (Å²) < 4.78 is 25.9. The Kier molecular flexibility index (Phi) is 16.5. The lowest BCUT2D eigenvalue weighted by molar-refractivity contribution is 0.00578. The van der Waals surface area contributed by atoms with Crippen LogP contribution in [-0.4, -0.2) is 36.6 Å². The molecule has 2 aliphatic heterocycles. The highest BCUT2D eigenvalue weighted by atomic mass is 16.7. The van der Waals surface area contributed by atoms with Gasteiger partial charge in [0.15, 0.2) is 0 Å². The number of hydrogen-bond donors (Lipinski definition) is 0. The van der Waals surface area contributed by atoms with E-state index in [0.29, 0.717) is 6.32 Å².